The Morgan fingerprint density at radius 3 is 2.25 bits per heavy atom. The second-order valence-corrected chi connectivity index (χ2v) is 5.01. The molecule has 3 nitrogen and oxygen atoms in total. The maximum Gasteiger partial charge on any atom is 0.242 e. The number of nitrogens with zero attached hydrogens (tertiary/aromatic N) is 1. The van der Waals surface area contributed by atoms with Gasteiger partial charge in [-0.3, -0.25) is 4.79 Å². The minimum Gasteiger partial charge on any atom is -0.341 e. The summed E-state index contributed by atoms with van der Waals surface area (Å²) in [7, 11) is 0. The highest BCUT2D eigenvalue weighted by atomic mass is 16.2. The van der Waals surface area contributed by atoms with E-state index in [1.54, 1.807) is 0 Å². The van der Waals surface area contributed by atoms with E-state index in [0.29, 0.717) is 5.92 Å². The van der Waals surface area contributed by atoms with Crippen LogP contribution in [-0.2, 0) is 4.79 Å². The molecule has 0 heterocycles. The van der Waals surface area contributed by atoms with E-state index in [1.807, 2.05) is 32.6 Å². The summed E-state index contributed by atoms with van der Waals surface area (Å²) < 4.78 is 0. The Balaban J connectivity index is 4.52. The highest BCUT2D eigenvalue weighted by Crippen LogP contribution is 2.11. The van der Waals surface area contributed by atoms with Crippen LogP contribution in [0.15, 0.2) is 0 Å². The first-order valence-electron chi connectivity index (χ1n) is 6.43. The fourth-order valence-corrected chi connectivity index (χ4v) is 1.77. The zero-order valence-corrected chi connectivity index (χ0v) is 11.8. The van der Waals surface area contributed by atoms with Gasteiger partial charge in [0.25, 0.3) is 0 Å². The second kappa shape index (κ2) is 6.89. The van der Waals surface area contributed by atoms with Crippen molar-refractivity contribution in [1.82, 2.24) is 10.2 Å². The smallest absolute Gasteiger partial charge is 0.242 e. The molecule has 0 saturated heterocycles. The van der Waals surface area contributed by atoms with Gasteiger partial charge in [-0.25, -0.2) is 0 Å². The van der Waals surface area contributed by atoms with Crippen molar-refractivity contribution in [3.63, 3.8) is 0 Å². The van der Waals surface area contributed by atoms with E-state index < -0.39 is 5.54 Å². The number of carbonyl (C=O) groups excluding carboxylic acids is 1. The van der Waals surface area contributed by atoms with Crippen molar-refractivity contribution in [2.45, 2.75) is 53.5 Å². The first-order chi connectivity index (χ1) is 7.38. The molecule has 1 amide bonds. The molecule has 0 spiro atoms. The summed E-state index contributed by atoms with van der Waals surface area (Å²) in [5.41, 5.74) is -0.446. The Bertz CT molecular complexity index is 214. The molecule has 1 atom stereocenters. The fraction of sp³-hybridized carbons (Fsp3) is 0.923. The van der Waals surface area contributed by atoms with E-state index in [-0.39, 0.29) is 5.91 Å². The molecule has 0 aromatic heterocycles. The molecule has 1 N–H and O–H groups in total. The lowest BCUT2D eigenvalue weighted by Crippen LogP contribution is -2.54. The van der Waals surface area contributed by atoms with Crippen LogP contribution in [0.1, 0.15) is 48.0 Å². The van der Waals surface area contributed by atoms with Crippen molar-refractivity contribution < 1.29 is 4.79 Å². The molecular formula is C13H28N2O. The third-order valence-electron chi connectivity index (χ3n) is 3.05. The largest absolute Gasteiger partial charge is 0.341 e. The molecule has 96 valence electrons. The molecule has 0 saturated carbocycles. The van der Waals surface area contributed by atoms with Crippen LogP contribution in [0.2, 0.25) is 0 Å². The third-order valence-corrected chi connectivity index (χ3v) is 3.05. The summed E-state index contributed by atoms with van der Waals surface area (Å²) in [6.07, 6.45) is 1.12. The molecule has 0 fully saturated rings. The first-order valence-corrected chi connectivity index (χ1v) is 6.43. The standard InChI is InChI=1S/C13H28N2O/c1-7-11(4)10-15(9-3)12(16)13(5,6)14-8-2/h11,14H,7-10H2,1-6H3. The average molecular weight is 228 g/mol. The third kappa shape index (κ3) is 4.52. The Labute approximate surface area is 101 Å². The number of nitrogens with one attached hydrogen (secondary N) is 1. The van der Waals surface area contributed by atoms with Gasteiger partial charge in [0.2, 0.25) is 5.91 Å². The topological polar surface area (TPSA) is 32.3 Å². The lowest BCUT2D eigenvalue weighted by atomic mass is 10.0. The van der Waals surface area contributed by atoms with Crippen LogP contribution < -0.4 is 5.32 Å². The lowest BCUT2D eigenvalue weighted by Gasteiger charge is -2.33. The maximum atomic E-state index is 12.3. The first kappa shape index (κ1) is 15.4. The van der Waals surface area contributed by atoms with Crippen LogP contribution in [-0.4, -0.2) is 36.0 Å². The number of likely N-dealkylation sites (N-methyl/N-ethyl adjacent to an activating group) is 2. The molecule has 0 rings (SSSR count). The van der Waals surface area contributed by atoms with Gasteiger partial charge in [-0.05, 0) is 33.2 Å². The molecule has 0 aliphatic rings. The van der Waals surface area contributed by atoms with Crippen molar-refractivity contribution in [3.8, 4) is 0 Å². The normalized spacial score (nSPS) is 13.6. The summed E-state index contributed by atoms with van der Waals surface area (Å²) in [6, 6.07) is 0. The van der Waals surface area contributed by atoms with Gasteiger partial charge in [-0.15, -0.1) is 0 Å². The highest BCUT2D eigenvalue weighted by Gasteiger charge is 2.30. The average Bonchev–Trinajstić information content (AvgIpc) is 2.24. The van der Waals surface area contributed by atoms with E-state index in [4.69, 9.17) is 0 Å². The van der Waals surface area contributed by atoms with Crippen LogP contribution in [0.4, 0.5) is 0 Å². The molecule has 3 heteroatoms. The predicted octanol–water partition coefficient (Wildman–Crippen LogP) is 2.27. The van der Waals surface area contributed by atoms with E-state index in [9.17, 15) is 4.79 Å². The summed E-state index contributed by atoms with van der Waals surface area (Å²) >= 11 is 0. The number of carbonyl (C=O) groups is 1. The highest BCUT2D eigenvalue weighted by molar-refractivity contribution is 5.85. The van der Waals surface area contributed by atoms with E-state index in [1.165, 1.54) is 0 Å². The van der Waals surface area contributed by atoms with Gasteiger partial charge in [0.15, 0.2) is 0 Å². The molecule has 1 unspecified atom stereocenters. The zero-order chi connectivity index (χ0) is 12.8. The van der Waals surface area contributed by atoms with Crippen LogP contribution in [0.25, 0.3) is 0 Å². The van der Waals surface area contributed by atoms with Gasteiger partial charge >= 0.3 is 0 Å². The van der Waals surface area contributed by atoms with Crippen LogP contribution in [0.5, 0.6) is 0 Å². The number of hydrogen-bond donors (Lipinski definition) is 1. The van der Waals surface area contributed by atoms with Crippen LogP contribution >= 0.6 is 0 Å². The Kier molecular flexibility index (Phi) is 6.65. The SMILES string of the molecule is CCNC(C)(C)C(=O)N(CC)CC(C)CC. The number of amides is 1. The maximum absolute atomic E-state index is 12.3. The second-order valence-electron chi connectivity index (χ2n) is 5.01. The number of rotatable bonds is 7. The lowest BCUT2D eigenvalue weighted by molar-refractivity contribution is -0.137. The van der Waals surface area contributed by atoms with Crippen LogP contribution in [0, 0.1) is 5.92 Å². The van der Waals surface area contributed by atoms with Crippen molar-refractivity contribution in [3.05, 3.63) is 0 Å². The Morgan fingerprint density at radius 2 is 1.88 bits per heavy atom. The minimum absolute atomic E-state index is 0.206. The Morgan fingerprint density at radius 1 is 1.31 bits per heavy atom. The van der Waals surface area contributed by atoms with Gasteiger partial charge < -0.3 is 10.2 Å². The molecule has 0 aromatic carbocycles. The summed E-state index contributed by atoms with van der Waals surface area (Å²) in [5, 5.41) is 3.24. The van der Waals surface area contributed by atoms with Gasteiger partial charge in [0, 0.05) is 13.1 Å². The van der Waals surface area contributed by atoms with Crippen LogP contribution in [0.3, 0.4) is 0 Å². The van der Waals surface area contributed by atoms with E-state index in [2.05, 4.69) is 19.2 Å². The molecular weight excluding hydrogens is 200 g/mol. The van der Waals surface area contributed by atoms with E-state index in [0.717, 1.165) is 26.1 Å². The van der Waals surface area contributed by atoms with Crippen molar-refractivity contribution >= 4 is 5.91 Å². The van der Waals surface area contributed by atoms with Gasteiger partial charge in [0.05, 0.1) is 5.54 Å². The molecule has 0 bridgehead atoms. The van der Waals surface area contributed by atoms with Crippen molar-refractivity contribution in [2.75, 3.05) is 19.6 Å². The summed E-state index contributed by atoms with van der Waals surface area (Å²) in [6.45, 7) is 14.8. The monoisotopic (exact) mass is 228 g/mol. The van der Waals surface area contributed by atoms with E-state index >= 15 is 0 Å². The Hall–Kier alpha value is -0.570. The number of hydrogen-bond acceptors (Lipinski definition) is 2. The summed E-state index contributed by atoms with van der Waals surface area (Å²) in [5.74, 6) is 0.776. The quantitative estimate of drug-likeness (QED) is 0.725. The predicted molar refractivity (Wildman–Crippen MR) is 69.5 cm³/mol. The zero-order valence-electron chi connectivity index (χ0n) is 11.8. The van der Waals surface area contributed by atoms with Gasteiger partial charge in [0.1, 0.15) is 0 Å². The van der Waals surface area contributed by atoms with Gasteiger partial charge in [-0.2, -0.15) is 0 Å². The molecule has 0 radical (unpaired) electrons. The van der Waals surface area contributed by atoms with Crippen molar-refractivity contribution in [1.29, 1.82) is 0 Å². The van der Waals surface area contributed by atoms with Gasteiger partial charge in [-0.1, -0.05) is 27.2 Å². The minimum atomic E-state index is -0.446. The molecule has 0 aliphatic carbocycles. The van der Waals surface area contributed by atoms with Crippen molar-refractivity contribution in [2.24, 2.45) is 5.92 Å². The summed E-state index contributed by atoms with van der Waals surface area (Å²) in [4.78, 5) is 14.3. The molecule has 16 heavy (non-hydrogen) atoms. The molecule has 0 aliphatic heterocycles. The molecule has 0 aromatic rings. The fourth-order valence-electron chi connectivity index (χ4n) is 1.77.